The van der Waals surface area contributed by atoms with Gasteiger partial charge in [0.25, 0.3) is 0 Å². The van der Waals surface area contributed by atoms with E-state index in [0.717, 1.165) is 26.6 Å². The van der Waals surface area contributed by atoms with Gasteiger partial charge in [0.05, 0.1) is 10.0 Å². The summed E-state index contributed by atoms with van der Waals surface area (Å²) in [6.07, 6.45) is 0. The maximum atomic E-state index is 6.20. The molecule has 0 amide bonds. The highest BCUT2D eigenvalue weighted by Crippen LogP contribution is 2.35. The summed E-state index contributed by atoms with van der Waals surface area (Å²) in [5, 5.41) is 5.99. The molecular weight excluding hydrogens is 275 g/mol. The Morgan fingerprint density at radius 3 is 2.18 bits per heavy atom. The standard InChI is InChI=1S/C14H7Cl3/c15-12-3-1-2-8-7-11-9(6-10(8)12)4-5-13(16)14(11)17/h1-7H. The third kappa shape index (κ3) is 1.77. The molecule has 0 bridgehead atoms. The van der Waals surface area contributed by atoms with Gasteiger partial charge in [-0.2, -0.15) is 0 Å². The number of halogens is 3. The monoisotopic (exact) mass is 280 g/mol. The molecule has 0 heterocycles. The molecule has 0 N–H and O–H groups in total. The molecule has 0 spiro atoms. The van der Waals surface area contributed by atoms with Crippen LogP contribution in [-0.4, -0.2) is 0 Å². The fraction of sp³-hybridized carbons (Fsp3) is 0. The van der Waals surface area contributed by atoms with Crippen molar-refractivity contribution in [1.29, 1.82) is 0 Å². The quantitative estimate of drug-likeness (QED) is 0.446. The number of rotatable bonds is 0. The Kier molecular flexibility index (Phi) is 2.67. The first-order valence-electron chi connectivity index (χ1n) is 5.13. The first-order valence-corrected chi connectivity index (χ1v) is 6.26. The predicted octanol–water partition coefficient (Wildman–Crippen LogP) is 5.95. The first-order chi connectivity index (χ1) is 8.16. The van der Waals surface area contributed by atoms with Crippen LogP contribution in [0.4, 0.5) is 0 Å². The van der Waals surface area contributed by atoms with Gasteiger partial charge in [0.1, 0.15) is 0 Å². The van der Waals surface area contributed by atoms with E-state index in [9.17, 15) is 0 Å². The number of fused-ring (bicyclic) bond motifs is 2. The lowest BCUT2D eigenvalue weighted by atomic mass is 10.0. The van der Waals surface area contributed by atoms with Gasteiger partial charge < -0.3 is 0 Å². The van der Waals surface area contributed by atoms with Crippen molar-refractivity contribution < 1.29 is 0 Å². The van der Waals surface area contributed by atoms with Crippen LogP contribution in [-0.2, 0) is 0 Å². The van der Waals surface area contributed by atoms with Gasteiger partial charge in [-0.25, -0.2) is 0 Å². The Bertz CT molecular complexity index is 732. The van der Waals surface area contributed by atoms with E-state index in [2.05, 4.69) is 0 Å². The van der Waals surface area contributed by atoms with E-state index in [1.54, 1.807) is 6.07 Å². The second-order valence-corrected chi connectivity index (χ2v) is 5.09. The Hall–Kier alpha value is -0.950. The van der Waals surface area contributed by atoms with Crippen molar-refractivity contribution in [2.75, 3.05) is 0 Å². The van der Waals surface area contributed by atoms with Crippen LogP contribution in [0.15, 0.2) is 42.5 Å². The minimum Gasteiger partial charge on any atom is -0.0837 e. The SMILES string of the molecule is Clc1ccc2cc3c(Cl)cccc3cc2c1Cl. The third-order valence-electron chi connectivity index (χ3n) is 2.85. The zero-order chi connectivity index (χ0) is 12.0. The molecule has 3 aromatic rings. The van der Waals surface area contributed by atoms with Crippen LogP contribution in [0.25, 0.3) is 21.5 Å². The summed E-state index contributed by atoms with van der Waals surface area (Å²) in [6.45, 7) is 0. The van der Waals surface area contributed by atoms with Crippen LogP contribution in [0, 0.1) is 0 Å². The molecule has 84 valence electrons. The van der Waals surface area contributed by atoms with Gasteiger partial charge in [0.15, 0.2) is 0 Å². The van der Waals surface area contributed by atoms with E-state index in [4.69, 9.17) is 34.8 Å². The highest BCUT2D eigenvalue weighted by molar-refractivity contribution is 6.45. The highest BCUT2D eigenvalue weighted by atomic mass is 35.5. The Morgan fingerprint density at radius 1 is 0.647 bits per heavy atom. The topological polar surface area (TPSA) is 0 Å². The van der Waals surface area contributed by atoms with Crippen LogP contribution in [0.2, 0.25) is 15.1 Å². The third-order valence-corrected chi connectivity index (χ3v) is 4.00. The summed E-state index contributed by atoms with van der Waals surface area (Å²) >= 11 is 18.4. The predicted molar refractivity (Wildman–Crippen MR) is 76.5 cm³/mol. The normalized spacial score (nSPS) is 11.2. The molecule has 17 heavy (non-hydrogen) atoms. The van der Waals surface area contributed by atoms with Crippen molar-refractivity contribution in [3.63, 3.8) is 0 Å². The van der Waals surface area contributed by atoms with E-state index in [1.807, 2.05) is 36.4 Å². The van der Waals surface area contributed by atoms with Crippen molar-refractivity contribution in [2.24, 2.45) is 0 Å². The molecule has 0 aliphatic rings. The van der Waals surface area contributed by atoms with Gasteiger partial charge in [0, 0.05) is 15.8 Å². The lowest BCUT2D eigenvalue weighted by molar-refractivity contribution is 1.76. The largest absolute Gasteiger partial charge is 0.0837 e. The molecule has 0 saturated heterocycles. The summed E-state index contributed by atoms with van der Waals surface area (Å²) in [7, 11) is 0. The van der Waals surface area contributed by atoms with Crippen molar-refractivity contribution in [3.8, 4) is 0 Å². The van der Waals surface area contributed by atoms with Crippen LogP contribution < -0.4 is 0 Å². The summed E-state index contributed by atoms with van der Waals surface area (Å²) in [5.74, 6) is 0. The van der Waals surface area contributed by atoms with Gasteiger partial charge in [-0.3, -0.25) is 0 Å². The molecule has 0 radical (unpaired) electrons. The summed E-state index contributed by atoms with van der Waals surface area (Å²) in [6, 6.07) is 13.6. The van der Waals surface area contributed by atoms with Crippen molar-refractivity contribution >= 4 is 56.3 Å². The van der Waals surface area contributed by atoms with Gasteiger partial charge in [-0.15, -0.1) is 0 Å². The lowest BCUT2D eigenvalue weighted by Gasteiger charge is -2.06. The van der Waals surface area contributed by atoms with Crippen LogP contribution >= 0.6 is 34.8 Å². The van der Waals surface area contributed by atoms with E-state index < -0.39 is 0 Å². The lowest BCUT2D eigenvalue weighted by Crippen LogP contribution is -1.79. The number of hydrogen-bond acceptors (Lipinski definition) is 0. The molecule has 3 rings (SSSR count). The maximum absolute atomic E-state index is 6.20. The summed E-state index contributed by atoms with van der Waals surface area (Å²) < 4.78 is 0. The minimum absolute atomic E-state index is 0.570. The van der Waals surface area contributed by atoms with Gasteiger partial charge in [0.2, 0.25) is 0 Å². The maximum Gasteiger partial charge on any atom is 0.0670 e. The van der Waals surface area contributed by atoms with Crippen molar-refractivity contribution in [3.05, 3.63) is 57.5 Å². The molecule has 0 unspecified atom stereocenters. The second kappa shape index (κ2) is 4.06. The minimum atomic E-state index is 0.570. The molecule has 0 aliphatic heterocycles. The zero-order valence-corrected chi connectivity index (χ0v) is 10.9. The van der Waals surface area contributed by atoms with Crippen LogP contribution in [0.5, 0.6) is 0 Å². The summed E-state index contributed by atoms with van der Waals surface area (Å²) in [4.78, 5) is 0. The van der Waals surface area contributed by atoms with Crippen LogP contribution in [0.1, 0.15) is 0 Å². The zero-order valence-electron chi connectivity index (χ0n) is 8.68. The van der Waals surface area contributed by atoms with Gasteiger partial charge in [-0.1, -0.05) is 53.0 Å². The Labute approximate surface area is 114 Å². The van der Waals surface area contributed by atoms with Gasteiger partial charge in [-0.05, 0) is 35.0 Å². The van der Waals surface area contributed by atoms with Crippen molar-refractivity contribution in [1.82, 2.24) is 0 Å². The molecule has 0 nitrogen and oxygen atoms in total. The summed E-state index contributed by atoms with van der Waals surface area (Å²) in [5.41, 5.74) is 0. The molecule has 0 fully saturated rings. The number of benzene rings is 3. The van der Waals surface area contributed by atoms with Crippen LogP contribution in [0.3, 0.4) is 0 Å². The molecular formula is C14H7Cl3. The first kappa shape index (κ1) is 11.2. The molecule has 0 atom stereocenters. The Morgan fingerprint density at radius 2 is 1.35 bits per heavy atom. The van der Waals surface area contributed by atoms with E-state index in [0.29, 0.717) is 10.0 Å². The fourth-order valence-electron chi connectivity index (χ4n) is 2.00. The van der Waals surface area contributed by atoms with Gasteiger partial charge >= 0.3 is 0 Å². The molecule has 3 aromatic carbocycles. The average Bonchev–Trinajstić information content (AvgIpc) is 2.33. The fourth-order valence-corrected chi connectivity index (χ4v) is 2.62. The molecule has 3 heteroatoms. The van der Waals surface area contributed by atoms with E-state index >= 15 is 0 Å². The molecule has 0 aromatic heterocycles. The van der Waals surface area contributed by atoms with E-state index in [1.165, 1.54) is 0 Å². The van der Waals surface area contributed by atoms with E-state index in [-0.39, 0.29) is 0 Å². The average molecular weight is 282 g/mol. The smallest absolute Gasteiger partial charge is 0.0670 e. The molecule has 0 saturated carbocycles. The van der Waals surface area contributed by atoms with Crippen molar-refractivity contribution in [2.45, 2.75) is 0 Å². The second-order valence-electron chi connectivity index (χ2n) is 3.90. The number of hydrogen-bond donors (Lipinski definition) is 0. The highest BCUT2D eigenvalue weighted by Gasteiger charge is 2.06. The molecule has 0 aliphatic carbocycles. The Balaban J connectivity index is 2.52.